The Hall–Kier alpha value is -1.37. The third kappa shape index (κ3) is 2.01. The lowest BCUT2D eigenvalue weighted by Crippen LogP contribution is -2.30. The summed E-state index contributed by atoms with van der Waals surface area (Å²) in [6, 6.07) is 0. The van der Waals surface area contributed by atoms with Crippen LogP contribution in [0.4, 0.5) is 0 Å². The lowest BCUT2D eigenvalue weighted by atomic mass is 10.1. The first-order valence-electron chi connectivity index (χ1n) is 3.92. The molecule has 6 nitrogen and oxygen atoms in total. The molecule has 0 bridgehead atoms. The van der Waals surface area contributed by atoms with E-state index in [9.17, 15) is 19.2 Å². The van der Waals surface area contributed by atoms with Gasteiger partial charge in [-0.1, -0.05) is 0 Å². The van der Waals surface area contributed by atoms with Crippen LogP contribution in [0.5, 0.6) is 0 Å². The Labute approximate surface area is 89.3 Å². The van der Waals surface area contributed by atoms with E-state index in [1.807, 2.05) is 0 Å². The molecule has 0 unspecified atom stereocenters. The first kappa shape index (κ1) is 11.7. The quantitative estimate of drug-likeness (QED) is 0.341. The monoisotopic (exact) mass is 232 g/mol. The molecule has 1 aliphatic heterocycles. The largest absolute Gasteiger partial charge is 0.468 e. The van der Waals surface area contributed by atoms with Crippen LogP contribution in [0.25, 0.3) is 0 Å². The number of Topliss-reactive ketones (excluding diaryl/α,β-unsaturated/α-hetero) is 2. The molecule has 1 aliphatic rings. The van der Waals surface area contributed by atoms with Crippen LogP contribution in [0.3, 0.4) is 0 Å². The molecule has 0 aliphatic carbocycles. The van der Waals surface area contributed by atoms with E-state index in [4.69, 9.17) is 0 Å². The van der Waals surface area contributed by atoms with E-state index in [0.29, 0.717) is 11.8 Å². The van der Waals surface area contributed by atoms with E-state index < -0.39 is 34.0 Å². The molecule has 1 fully saturated rings. The van der Waals surface area contributed by atoms with Crippen molar-refractivity contribution in [1.82, 2.24) is 0 Å². The third-order valence-electron chi connectivity index (χ3n) is 1.82. The summed E-state index contributed by atoms with van der Waals surface area (Å²) in [5.74, 6) is -3.49. The van der Waals surface area contributed by atoms with Gasteiger partial charge in [0.2, 0.25) is 11.6 Å². The minimum atomic E-state index is -1.24. The second-order valence-electron chi connectivity index (χ2n) is 2.67. The van der Waals surface area contributed by atoms with Crippen molar-refractivity contribution in [3.63, 3.8) is 0 Å². The summed E-state index contributed by atoms with van der Waals surface area (Å²) in [4.78, 5) is 44.6. The van der Waals surface area contributed by atoms with Gasteiger partial charge in [-0.05, 0) is 0 Å². The molecule has 1 rings (SSSR count). The van der Waals surface area contributed by atoms with Crippen molar-refractivity contribution in [3.8, 4) is 0 Å². The molecule has 82 valence electrons. The molecule has 0 aromatic heterocycles. The highest BCUT2D eigenvalue weighted by atomic mass is 32.2. The van der Waals surface area contributed by atoms with Gasteiger partial charge in [0.05, 0.1) is 14.2 Å². The zero-order valence-corrected chi connectivity index (χ0v) is 8.83. The number of hydrogen-bond donors (Lipinski definition) is 0. The Morgan fingerprint density at radius 2 is 1.33 bits per heavy atom. The number of carbonyl (C=O) groups is 4. The van der Waals surface area contributed by atoms with Crippen LogP contribution < -0.4 is 0 Å². The molecule has 0 spiro atoms. The van der Waals surface area contributed by atoms with Crippen molar-refractivity contribution in [2.24, 2.45) is 0 Å². The fourth-order valence-electron chi connectivity index (χ4n) is 1.06. The number of methoxy groups -OCH3 is 2. The van der Waals surface area contributed by atoms with Crippen LogP contribution in [-0.4, -0.2) is 48.2 Å². The van der Waals surface area contributed by atoms with E-state index in [0.717, 1.165) is 14.2 Å². The fourth-order valence-corrected chi connectivity index (χ4v) is 2.22. The predicted octanol–water partition coefficient (Wildman–Crippen LogP) is -1.05. The standard InChI is InChI=1S/C8H8O6S/c1-13-7(11)5-3(9)4(10)6(15-5)8(12)14-2/h5-6H,1-2H3/t5-,6-/m0/s1. The van der Waals surface area contributed by atoms with Gasteiger partial charge >= 0.3 is 11.9 Å². The number of rotatable bonds is 2. The highest BCUT2D eigenvalue weighted by molar-refractivity contribution is 8.04. The summed E-state index contributed by atoms with van der Waals surface area (Å²) in [5, 5.41) is -2.49. The normalized spacial score (nSPS) is 25.2. The minimum Gasteiger partial charge on any atom is -0.468 e. The summed E-state index contributed by atoms with van der Waals surface area (Å²) in [7, 11) is 2.21. The van der Waals surface area contributed by atoms with Crippen LogP contribution in [0.1, 0.15) is 0 Å². The SMILES string of the molecule is COC(=O)[C@H]1S[C@H](C(=O)OC)C(=O)C1=O. The summed E-state index contributed by atoms with van der Waals surface area (Å²) in [5.41, 5.74) is 0. The molecule has 0 saturated carbocycles. The van der Waals surface area contributed by atoms with E-state index in [1.165, 1.54) is 0 Å². The number of carbonyl (C=O) groups excluding carboxylic acids is 4. The zero-order valence-electron chi connectivity index (χ0n) is 8.01. The molecule has 1 saturated heterocycles. The molecule has 0 N–H and O–H groups in total. The summed E-state index contributed by atoms with van der Waals surface area (Å²) < 4.78 is 8.66. The van der Waals surface area contributed by atoms with Gasteiger partial charge in [0.25, 0.3) is 0 Å². The van der Waals surface area contributed by atoms with Crippen molar-refractivity contribution >= 4 is 35.3 Å². The Kier molecular flexibility index (Phi) is 3.46. The molecular weight excluding hydrogens is 224 g/mol. The van der Waals surface area contributed by atoms with Crippen LogP contribution in [0.15, 0.2) is 0 Å². The molecule has 0 amide bonds. The van der Waals surface area contributed by atoms with Crippen molar-refractivity contribution in [2.45, 2.75) is 10.5 Å². The second kappa shape index (κ2) is 4.43. The predicted molar refractivity (Wildman–Crippen MR) is 49.2 cm³/mol. The number of thioether (sulfide) groups is 1. The molecule has 2 atom stereocenters. The zero-order chi connectivity index (χ0) is 11.6. The van der Waals surface area contributed by atoms with E-state index in [1.54, 1.807) is 0 Å². The van der Waals surface area contributed by atoms with E-state index in [2.05, 4.69) is 9.47 Å². The maximum absolute atomic E-state index is 11.3. The van der Waals surface area contributed by atoms with Crippen LogP contribution in [0, 0.1) is 0 Å². The highest BCUT2D eigenvalue weighted by Gasteiger charge is 2.50. The van der Waals surface area contributed by atoms with Gasteiger partial charge in [0.15, 0.2) is 10.5 Å². The second-order valence-corrected chi connectivity index (χ2v) is 3.89. The van der Waals surface area contributed by atoms with Gasteiger partial charge in [0, 0.05) is 0 Å². The maximum Gasteiger partial charge on any atom is 0.327 e. The van der Waals surface area contributed by atoms with E-state index >= 15 is 0 Å². The number of hydrogen-bond acceptors (Lipinski definition) is 7. The van der Waals surface area contributed by atoms with Gasteiger partial charge < -0.3 is 9.47 Å². The van der Waals surface area contributed by atoms with Gasteiger partial charge in [0.1, 0.15) is 0 Å². The molecule has 0 aromatic carbocycles. The highest BCUT2D eigenvalue weighted by Crippen LogP contribution is 2.30. The van der Waals surface area contributed by atoms with Gasteiger partial charge in [-0.2, -0.15) is 0 Å². The minimum absolute atomic E-state index is 0.644. The fraction of sp³-hybridized carbons (Fsp3) is 0.500. The van der Waals surface area contributed by atoms with Crippen LogP contribution >= 0.6 is 11.8 Å². The first-order valence-corrected chi connectivity index (χ1v) is 4.86. The molecule has 0 radical (unpaired) electrons. The number of ketones is 2. The summed E-state index contributed by atoms with van der Waals surface area (Å²) in [6.07, 6.45) is 0. The number of ether oxygens (including phenoxy) is 2. The van der Waals surface area contributed by atoms with Gasteiger partial charge in [-0.3, -0.25) is 19.2 Å². The molecular formula is C8H8O6S. The number of esters is 2. The van der Waals surface area contributed by atoms with Crippen LogP contribution in [-0.2, 0) is 28.7 Å². The Balaban J connectivity index is 2.85. The average Bonchev–Trinajstić information content (AvgIpc) is 2.54. The van der Waals surface area contributed by atoms with Crippen molar-refractivity contribution in [1.29, 1.82) is 0 Å². The van der Waals surface area contributed by atoms with Crippen molar-refractivity contribution in [2.75, 3.05) is 14.2 Å². The van der Waals surface area contributed by atoms with Crippen molar-refractivity contribution < 1.29 is 28.7 Å². The summed E-state index contributed by atoms with van der Waals surface area (Å²) in [6.45, 7) is 0. The smallest absolute Gasteiger partial charge is 0.327 e. The lowest BCUT2D eigenvalue weighted by Gasteiger charge is -2.04. The van der Waals surface area contributed by atoms with Gasteiger partial charge in [-0.15, -0.1) is 11.8 Å². The Morgan fingerprint density at radius 1 is 1.00 bits per heavy atom. The molecule has 1 heterocycles. The van der Waals surface area contributed by atoms with Gasteiger partial charge in [-0.25, -0.2) is 0 Å². The Morgan fingerprint density at radius 3 is 1.60 bits per heavy atom. The third-order valence-corrected chi connectivity index (χ3v) is 3.18. The molecule has 15 heavy (non-hydrogen) atoms. The van der Waals surface area contributed by atoms with Crippen LogP contribution in [0.2, 0.25) is 0 Å². The Bertz CT molecular complexity index is 304. The topological polar surface area (TPSA) is 86.7 Å². The van der Waals surface area contributed by atoms with Crippen molar-refractivity contribution in [3.05, 3.63) is 0 Å². The van der Waals surface area contributed by atoms with E-state index in [-0.39, 0.29) is 0 Å². The lowest BCUT2D eigenvalue weighted by molar-refractivity contribution is -0.148. The molecule has 0 aromatic rings. The molecule has 7 heteroatoms. The summed E-state index contributed by atoms with van der Waals surface area (Å²) >= 11 is 0.644. The maximum atomic E-state index is 11.3. The first-order chi connectivity index (χ1) is 7.02. The average molecular weight is 232 g/mol.